The zero-order valence-corrected chi connectivity index (χ0v) is 15.9. The van der Waals surface area contributed by atoms with E-state index in [2.05, 4.69) is 10.1 Å². The van der Waals surface area contributed by atoms with Gasteiger partial charge in [-0.05, 0) is 56.4 Å². The minimum absolute atomic E-state index is 0.147. The molecule has 1 saturated heterocycles. The third kappa shape index (κ3) is 2.78. The van der Waals surface area contributed by atoms with Crippen molar-refractivity contribution in [1.29, 1.82) is 0 Å². The van der Waals surface area contributed by atoms with Crippen molar-refractivity contribution in [2.45, 2.75) is 63.5 Å². The Labute approximate surface area is 161 Å². The molecule has 0 atom stereocenters. The minimum Gasteiger partial charge on any atom is -0.410 e. The first-order valence-electron chi connectivity index (χ1n) is 10.7. The Hall–Kier alpha value is -1.88. The van der Waals surface area contributed by atoms with E-state index in [1.165, 1.54) is 38.5 Å². The molecule has 5 rings (SSSR count). The Kier molecular flexibility index (Phi) is 4.43. The zero-order chi connectivity index (χ0) is 18.4. The molecule has 1 aromatic rings. The molecule has 2 aliphatic heterocycles. The molecule has 2 heterocycles. The van der Waals surface area contributed by atoms with Crippen LogP contribution in [-0.4, -0.2) is 46.9 Å². The number of piperidine rings is 1. The van der Waals surface area contributed by atoms with E-state index in [1.807, 2.05) is 29.2 Å². The molecule has 1 N–H and O–H groups in total. The summed E-state index contributed by atoms with van der Waals surface area (Å²) in [4.78, 5) is 17.5. The summed E-state index contributed by atoms with van der Waals surface area (Å²) >= 11 is 0. The average molecular weight is 367 g/mol. The van der Waals surface area contributed by atoms with Gasteiger partial charge in [-0.15, -0.1) is 0 Å². The first-order valence-corrected chi connectivity index (χ1v) is 10.7. The summed E-state index contributed by atoms with van der Waals surface area (Å²) in [6, 6.07) is 8.69. The van der Waals surface area contributed by atoms with Crippen LogP contribution in [0.1, 0.15) is 56.9 Å². The normalized spacial score (nSPS) is 33.5. The molecule has 0 aromatic heterocycles. The van der Waals surface area contributed by atoms with Gasteiger partial charge in [0, 0.05) is 30.7 Å². The molecule has 27 heavy (non-hydrogen) atoms. The van der Waals surface area contributed by atoms with E-state index in [-0.39, 0.29) is 17.7 Å². The number of hydrogen-bond acceptors (Lipinski definition) is 4. The van der Waals surface area contributed by atoms with E-state index in [0.29, 0.717) is 0 Å². The Morgan fingerprint density at radius 1 is 0.926 bits per heavy atom. The van der Waals surface area contributed by atoms with Gasteiger partial charge >= 0.3 is 0 Å². The fraction of sp³-hybridized carbons (Fsp3) is 0.636. The summed E-state index contributed by atoms with van der Waals surface area (Å²) < 4.78 is 0. The van der Waals surface area contributed by atoms with E-state index < -0.39 is 0 Å². The van der Waals surface area contributed by atoms with Gasteiger partial charge in [-0.3, -0.25) is 9.69 Å². The second-order valence-electron chi connectivity index (χ2n) is 8.78. The van der Waals surface area contributed by atoms with Crippen molar-refractivity contribution < 1.29 is 10.0 Å². The molecule has 2 bridgehead atoms. The lowest BCUT2D eigenvalue weighted by Gasteiger charge is -2.50. The number of benzene rings is 1. The highest BCUT2D eigenvalue weighted by Crippen LogP contribution is 2.44. The molecular formula is C22H29N3O2. The first kappa shape index (κ1) is 17.2. The van der Waals surface area contributed by atoms with Crippen molar-refractivity contribution in [2.75, 3.05) is 18.0 Å². The minimum atomic E-state index is -0.147. The van der Waals surface area contributed by atoms with E-state index in [1.54, 1.807) is 0 Å². The van der Waals surface area contributed by atoms with Gasteiger partial charge in [-0.1, -0.05) is 36.2 Å². The van der Waals surface area contributed by atoms with Gasteiger partial charge in [0.25, 0.3) is 5.91 Å². The Morgan fingerprint density at radius 3 is 2.19 bits per heavy atom. The molecule has 4 aliphatic rings. The van der Waals surface area contributed by atoms with Crippen LogP contribution in [0.15, 0.2) is 29.4 Å². The summed E-state index contributed by atoms with van der Waals surface area (Å²) in [6.45, 7) is 2.17. The first-order chi connectivity index (χ1) is 13.3. The molecule has 2 saturated carbocycles. The molecule has 0 radical (unpaired) electrons. The third-order valence-corrected chi connectivity index (χ3v) is 7.49. The smallest absolute Gasteiger partial charge is 0.281 e. The summed E-state index contributed by atoms with van der Waals surface area (Å²) in [5.74, 6) is 1.65. The van der Waals surface area contributed by atoms with Gasteiger partial charge in [0.05, 0.1) is 5.69 Å². The van der Waals surface area contributed by atoms with Crippen LogP contribution in [0.5, 0.6) is 0 Å². The number of fused-ring (bicyclic) bond motifs is 3. The van der Waals surface area contributed by atoms with Gasteiger partial charge < -0.3 is 10.1 Å². The fourth-order valence-electron chi connectivity index (χ4n) is 6.36. The van der Waals surface area contributed by atoms with E-state index in [9.17, 15) is 10.0 Å². The predicted octanol–water partition coefficient (Wildman–Crippen LogP) is 3.64. The van der Waals surface area contributed by atoms with Crippen LogP contribution in [0.4, 0.5) is 5.69 Å². The number of rotatable bonds is 2. The van der Waals surface area contributed by atoms with Crippen LogP contribution in [-0.2, 0) is 4.79 Å². The molecule has 2 aliphatic carbocycles. The third-order valence-electron chi connectivity index (χ3n) is 7.49. The van der Waals surface area contributed by atoms with Crippen LogP contribution < -0.4 is 4.90 Å². The van der Waals surface area contributed by atoms with Crippen LogP contribution in [0.3, 0.4) is 0 Å². The number of hydrogen-bond donors (Lipinski definition) is 1. The number of nitrogens with zero attached hydrogens (tertiary/aromatic N) is 3. The van der Waals surface area contributed by atoms with E-state index in [4.69, 9.17) is 0 Å². The maximum Gasteiger partial charge on any atom is 0.281 e. The lowest BCUT2D eigenvalue weighted by Crippen LogP contribution is -2.55. The molecule has 1 aromatic carbocycles. The lowest BCUT2D eigenvalue weighted by molar-refractivity contribution is -0.113. The van der Waals surface area contributed by atoms with Crippen LogP contribution >= 0.6 is 0 Å². The highest BCUT2D eigenvalue weighted by Gasteiger charge is 2.43. The van der Waals surface area contributed by atoms with Crippen LogP contribution in [0, 0.1) is 11.8 Å². The zero-order valence-electron chi connectivity index (χ0n) is 15.9. The monoisotopic (exact) mass is 367 g/mol. The molecule has 144 valence electrons. The Balaban J connectivity index is 1.32. The van der Waals surface area contributed by atoms with Gasteiger partial charge in [0.2, 0.25) is 0 Å². The summed E-state index contributed by atoms with van der Waals surface area (Å²) in [5.41, 5.74) is 1.85. The molecule has 5 nitrogen and oxygen atoms in total. The molecule has 0 spiro atoms. The van der Waals surface area contributed by atoms with Crippen molar-refractivity contribution in [3.63, 3.8) is 0 Å². The van der Waals surface area contributed by atoms with Gasteiger partial charge in [0.15, 0.2) is 5.71 Å². The number of anilines is 1. The van der Waals surface area contributed by atoms with Gasteiger partial charge in [0.1, 0.15) is 0 Å². The van der Waals surface area contributed by atoms with Crippen molar-refractivity contribution in [3.8, 4) is 0 Å². The SMILES string of the molecule is O=C1C(=NO)c2ccccc2N1C1CCN(C2C3CCCC2CCC3)CC1. The van der Waals surface area contributed by atoms with Crippen molar-refractivity contribution in [1.82, 2.24) is 4.90 Å². The largest absolute Gasteiger partial charge is 0.410 e. The number of amides is 1. The predicted molar refractivity (Wildman–Crippen MR) is 105 cm³/mol. The summed E-state index contributed by atoms with van der Waals surface area (Å²) in [5, 5.41) is 12.6. The molecule has 3 fully saturated rings. The second kappa shape index (κ2) is 6.93. The lowest BCUT2D eigenvalue weighted by atomic mass is 9.67. The standard InChI is InChI=1S/C22H29N3O2/c26-22-20(23-27)18-9-1-2-10-19(18)25(22)17-11-13-24(14-12-17)21-15-5-3-6-16(21)8-4-7-15/h1-2,9-10,15-17,21,27H,3-8,11-14H2. The molecule has 1 amide bonds. The topological polar surface area (TPSA) is 56.1 Å². The number of oxime groups is 1. The fourth-order valence-corrected chi connectivity index (χ4v) is 6.36. The van der Waals surface area contributed by atoms with Crippen molar-refractivity contribution >= 4 is 17.3 Å². The molecular weight excluding hydrogens is 338 g/mol. The Bertz CT molecular complexity index is 732. The van der Waals surface area contributed by atoms with Crippen LogP contribution in [0.2, 0.25) is 0 Å². The van der Waals surface area contributed by atoms with Gasteiger partial charge in [-0.2, -0.15) is 0 Å². The average Bonchev–Trinajstić information content (AvgIpc) is 2.98. The molecule has 0 unspecified atom stereocenters. The quantitative estimate of drug-likeness (QED) is 0.641. The highest BCUT2D eigenvalue weighted by atomic mass is 16.4. The Morgan fingerprint density at radius 2 is 1.56 bits per heavy atom. The van der Waals surface area contributed by atoms with Crippen molar-refractivity contribution in [2.24, 2.45) is 17.0 Å². The number of likely N-dealkylation sites (tertiary alicyclic amines) is 1. The van der Waals surface area contributed by atoms with Crippen LogP contribution in [0.25, 0.3) is 0 Å². The summed E-state index contributed by atoms with van der Waals surface area (Å²) in [6.07, 6.45) is 10.5. The number of para-hydroxylation sites is 1. The summed E-state index contributed by atoms with van der Waals surface area (Å²) in [7, 11) is 0. The van der Waals surface area contributed by atoms with Gasteiger partial charge in [-0.25, -0.2) is 0 Å². The highest BCUT2D eigenvalue weighted by molar-refractivity contribution is 6.54. The number of carbonyl (C=O) groups is 1. The second-order valence-corrected chi connectivity index (χ2v) is 8.78. The maximum absolute atomic E-state index is 12.9. The maximum atomic E-state index is 12.9. The number of carbonyl (C=O) groups excluding carboxylic acids is 1. The molecule has 5 heteroatoms. The van der Waals surface area contributed by atoms with E-state index in [0.717, 1.165) is 55.1 Å². The van der Waals surface area contributed by atoms with Crippen molar-refractivity contribution in [3.05, 3.63) is 29.8 Å². The van der Waals surface area contributed by atoms with E-state index >= 15 is 0 Å².